The van der Waals surface area contributed by atoms with Crippen LogP contribution in [0.2, 0.25) is 0 Å². The number of carbonyl (C=O) groups is 1. The maximum atomic E-state index is 12.4. The van der Waals surface area contributed by atoms with Gasteiger partial charge in [-0.2, -0.15) is 0 Å². The average molecular weight is 325 g/mol. The van der Waals surface area contributed by atoms with Crippen molar-refractivity contribution in [1.82, 2.24) is 4.98 Å². The smallest absolute Gasteiger partial charge is 0.255 e. The molecule has 0 radical (unpaired) electrons. The van der Waals surface area contributed by atoms with Crippen molar-refractivity contribution in [2.45, 2.75) is 19.3 Å². The third kappa shape index (κ3) is 2.99. The number of ether oxygens (including phenoxy) is 2. The quantitative estimate of drug-likeness (QED) is 0.939. The SMILES string of the molecule is O=C(Nc1ccc(N2CCCCC2)nc1)c1ccc2c(c1)OCO2. The molecular formula is C18H19N3O3. The molecule has 3 heterocycles. The van der Waals surface area contributed by atoms with Gasteiger partial charge in [-0.15, -0.1) is 0 Å². The second kappa shape index (κ2) is 6.39. The van der Waals surface area contributed by atoms with E-state index in [0.717, 1.165) is 18.9 Å². The highest BCUT2D eigenvalue weighted by Crippen LogP contribution is 2.32. The van der Waals surface area contributed by atoms with Crippen molar-refractivity contribution in [2.24, 2.45) is 0 Å². The van der Waals surface area contributed by atoms with E-state index in [0.29, 0.717) is 22.7 Å². The standard InChI is InChI=1S/C18H19N3O3/c22-18(13-4-6-15-16(10-13)24-12-23-15)20-14-5-7-17(19-11-14)21-8-2-1-3-9-21/h4-7,10-11H,1-3,8-9,12H2,(H,20,22). The Morgan fingerprint density at radius 1 is 1.04 bits per heavy atom. The molecule has 2 aliphatic heterocycles. The van der Waals surface area contributed by atoms with E-state index >= 15 is 0 Å². The molecular weight excluding hydrogens is 306 g/mol. The third-order valence-electron chi connectivity index (χ3n) is 4.32. The Morgan fingerprint density at radius 3 is 2.67 bits per heavy atom. The van der Waals surface area contributed by atoms with Crippen LogP contribution in [0.1, 0.15) is 29.6 Å². The van der Waals surface area contributed by atoms with Crippen LogP contribution in [0.25, 0.3) is 0 Å². The molecule has 0 atom stereocenters. The van der Waals surface area contributed by atoms with Crippen molar-refractivity contribution in [3.8, 4) is 11.5 Å². The lowest BCUT2D eigenvalue weighted by atomic mass is 10.1. The van der Waals surface area contributed by atoms with Crippen LogP contribution in [0, 0.1) is 0 Å². The van der Waals surface area contributed by atoms with Crippen molar-refractivity contribution in [1.29, 1.82) is 0 Å². The first-order chi connectivity index (χ1) is 11.8. The summed E-state index contributed by atoms with van der Waals surface area (Å²) in [5, 5.41) is 2.86. The van der Waals surface area contributed by atoms with Crippen molar-refractivity contribution >= 4 is 17.4 Å². The van der Waals surface area contributed by atoms with E-state index in [1.165, 1.54) is 19.3 Å². The molecule has 0 saturated carbocycles. The molecule has 0 spiro atoms. The summed E-state index contributed by atoms with van der Waals surface area (Å²) in [4.78, 5) is 19.1. The number of benzene rings is 1. The minimum absolute atomic E-state index is 0.194. The van der Waals surface area contributed by atoms with Crippen molar-refractivity contribution in [3.63, 3.8) is 0 Å². The number of hydrogen-bond donors (Lipinski definition) is 1. The molecule has 2 aromatic rings. The lowest BCUT2D eigenvalue weighted by Gasteiger charge is -2.27. The largest absolute Gasteiger partial charge is 0.454 e. The highest BCUT2D eigenvalue weighted by molar-refractivity contribution is 6.04. The first-order valence-electron chi connectivity index (χ1n) is 8.21. The van der Waals surface area contributed by atoms with Crippen LogP contribution in [0.5, 0.6) is 11.5 Å². The number of aromatic nitrogens is 1. The highest BCUT2D eigenvalue weighted by atomic mass is 16.7. The number of nitrogens with one attached hydrogen (secondary N) is 1. The zero-order valence-corrected chi connectivity index (χ0v) is 13.3. The van der Waals surface area contributed by atoms with Gasteiger partial charge in [-0.25, -0.2) is 4.98 Å². The van der Waals surface area contributed by atoms with Gasteiger partial charge in [0.1, 0.15) is 5.82 Å². The molecule has 1 aromatic carbocycles. The van der Waals surface area contributed by atoms with E-state index in [-0.39, 0.29) is 12.7 Å². The number of amides is 1. The number of hydrogen-bond acceptors (Lipinski definition) is 5. The summed E-state index contributed by atoms with van der Waals surface area (Å²) in [6.07, 6.45) is 5.42. The highest BCUT2D eigenvalue weighted by Gasteiger charge is 2.17. The zero-order chi connectivity index (χ0) is 16.4. The van der Waals surface area contributed by atoms with Gasteiger partial charge in [-0.1, -0.05) is 0 Å². The van der Waals surface area contributed by atoms with Gasteiger partial charge in [-0.05, 0) is 49.6 Å². The topological polar surface area (TPSA) is 63.7 Å². The van der Waals surface area contributed by atoms with Crippen LogP contribution in [0.4, 0.5) is 11.5 Å². The lowest BCUT2D eigenvalue weighted by Crippen LogP contribution is -2.30. The number of fused-ring (bicyclic) bond motifs is 1. The zero-order valence-electron chi connectivity index (χ0n) is 13.3. The fraction of sp³-hybridized carbons (Fsp3) is 0.333. The fourth-order valence-electron chi connectivity index (χ4n) is 3.01. The van der Waals surface area contributed by atoms with Gasteiger partial charge in [0.25, 0.3) is 5.91 Å². The van der Waals surface area contributed by atoms with E-state index in [2.05, 4.69) is 15.2 Å². The predicted octanol–water partition coefficient (Wildman–Crippen LogP) is 3.05. The molecule has 1 amide bonds. The van der Waals surface area contributed by atoms with E-state index in [1.54, 1.807) is 24.4 Å². The number of anilines is 2. The molecule has 1 aromatic heterocycles. The summed E-state index contributed by atoms with van der Waals surface area (Å²) < 4.78 is 10.6. The second-order valence-corrected chi connectivity index (χ2v) is 5.97. The van der Waals surface area contributed by atoms with Crippen molar-refractivity contribution < 1.29 is 14.3 Å². The molecule has 0 aliphatic carbocycles. The lowest BCUT2D eigenvalue weighted by molar-refractivity contribution is 0.102. The molecule has 2 aliphatic rings. The molecule has 124 valence electrons. The number of carbonyl (C=O) groups excluding carboxylic acids is 1. The predicted molar refractivity (Wildman–Crippen MR) is 90.8 cm³/mol. The van der Waals surface area contributed by atoms with Gasteiger partial charge in [0.05, 0.1) is 11.9 Å². The van der Waals surface area contributed by atoms with E-state index in [1.807, 2.05) is 12.1 Å². The van der Waals surface area contributed by atoms with Gasteiger partial charge in [-0.3, -0.25) is 4.79 Å². The summed E-state index contributed by atoms with van der Waals surface area (Å²) in [5.74, 6) is 2.04. The first kappa shape index (κ1) is 14.8. The van der Waals surface area contributed by atoms with Crippen LogP contribution >= 0.6 is 0 Å². The van der Waals surface area contributed by atoms with Gasteiger partial charge >= 0.3 is 0 Å². The van der Waals surface area contributed by atoms with Gasteiger partial charge in [0, 0.05) is 18.7 Å². The molecule has 0 bridgehead atoms. The monoisotopic (exact) mass is 325 g/mol. The maximum absolute atomic E-state index is 12.4. The third-order valence-corrected chi connectivity index (χ3v) is 4.32. The van der Waals surface area contributed by atoms with E-state index in [9.17, 15) is 4.79 Å². The summed E-state index contributed by atoms with van der Waals surface area (Å²) in [5.41, 5.74) is 1.21. The van der Waals surface area contributed by atoms with Crippen molar-refractivity contribution in [3.05, 3.63) is 42.1 Å². The molecule has 1 fully saturated rings. The first-order valence-corrected chi connectivity index (χ1v) is 8.21. The summed E-state index contributed by atoms with van der Waals surface area (Å²) in [6, 6.07) is 9.00. The Balaban J connectivity index is 1.44. The summed E-state index contributed by atoms with van der Waals surface area (Å²) in [7, 11) is 0. The molecule has 1 saturated heterocycles. The summed E-state index contributed by atoms with van der Waals surface area (Å²) in [6.45, 7) is 2.30. The number of pyridine rings is 1. The van der Waals surface area contributed by atoms with Gasteiger partial charge in [0.2, 0.25) is 6.79 Å². The van der Waals surface area contributed by atoms with Crippen LogP contribution in [-0.4, -0.2) is 30.8 Å². The van der Waals surface area contributed by atoms with Crippen LogP contribution < -0.4 is 19.7 Å². The average Bonchev–Trinajstić information content (AvgIpc) is 3.11. The number of piperidine rings is 1. The van der Waals surface area contributed by atoms with Crippen LogP contribution in [0.3, 0.4) is 0 Å². The fourth-order valence-corrected chi connectivity index (χ4v) is 3.01. The Labute approximate surface area is 140 Å². The second-order valence-electron chi connectivity index (χ2n) is 5.97. The maximum Gasteiger partial charge on any atom is 0.255 e. The molecule has 6 nitrogen and oxygen atoms in total. The van der Waals surface area contributed by atoms with Gasteiger partial charge in [0.15, 0.2) is 11.5 Å². The normalized spacial score (nSPS) is 16.1. The molecule has 4 rings (SSSR count). The molecule has 6 heteroatoms. The van der Waals surface area contributed by atoms with Crippen molar-refractivity contribution in [2.75, 3.05) is 30.1 Å². The molecule has 24 heavy (non-hydrogen) atoms. The number of rotatable bonds is 3. The summed E-state index contributed by atoms with van der Waals surface area (Å²) >= 11 is 0. The Hall–Kier alpha value is -2.76. The minimum atomic E-state index is -0.194. The van der Waals surface area contributed by atoms with Crippen LogP contribution in [-0.2, 0) is 0 Å². The molecule has 0 unspecified atom stereocenters. The van der Waals surface area contributed by atoms with E-state index < -0.39 is 0 Å². The van der Waals surface area contributed by atoms with Gasteiger partial charge < -0.3 is 19.7 Å². The van der Waals surface area contributed by atoms with E-state index in [4.69, 9.17) is 9.47 Å². The minimum Gasteiger partial charge on any atom is -0.454 e. The van der Waals surface area contributed by atoms with Crippen LogP contribution in [0.15, 0.2) is 36.5 Å². The number of nitrogens with zero attached hydrogens (tertiary/aromatic N) is 2. The Bertz CT molecular complexity index is 740. The Morgan fingerprint density at radius 2 is 1.88 bits per heavy atom. The Kier molecular flexibility index (Phi) is 3.94. The molecule has 1 N–H and O–H groups in total.